The lowest BCUT2D eigenvalue weighted by atomic mass is 9.74. The number of para-hydroxylation sites is 1. The van der Waals surface area contributed by atoms with Crippen molar-refractivity contribution in [3.8, 4) is 5.75 Å². The number of pyridine rings is 1. The zero-order valence-electron chi connectivity index (χ0n) is 17.9. The molecule has 0 bridgehead atoms. The van der Waals surface area contributed by atoms with E-state index in [4.69, 9.17) is 0 Å². The molecule has 33 heavy (non-hydrogen) atoms. The third-order valence-electron chi connectivity index (χ3n) is 5.65. The summed E-state index contributed by atoms with van der Waals surface area (Å²) in [5, 5.41) is 30.4. The number of hydrogen-bond donors (Lipinski definition) is 4. The Bertz CT molecular complexity index is 1220. The maximum absolute atomic E-state index is 14.0. The van der Waals surface area contributed by atoms with Gasteiger partial charge in [-0.3, -0.25) is 9.47 Å². The molecule has 0 aliphatic rings. The van der Waals surface area contributed by atoms with Crippen molar-refractivity contribution >= 4 is 10.9 Å². The molecule has 0 radical (unpaired) electrons. The molecule has 0 aliphatic carbocycles. The van der Waals surface area contributed by atoms with Crippen molar-refractivity contribution in [2.45, 2.75) is 44.1 Å². The zero-order chi connectivity index (χ0) is 24.6. The second-order valence-electron chi connectivity index (χ2n) is 8.62. The van der Waals surface area contributed by atoms with E-state index in [9.17, 15) is 37.7 Å². The van der Waals surface area contributed by atoms with Crippen molar-refractivity contribution in [2.24, 2.45) is 0 Å². The molecule has 6 nitrogen and oxygen atoms in total. The molecule has 0 spiro atoms. The summed E-state index contributed by atoms with van der Waals surface area (Å²) in [6.45, 7) is 1.07. The Morgan fingerprint density at radius 1 is 1.09 bits per heavy atom. The van der Waals surface area contributed by atoms with Gasteiger partial charge in [-0.15, -0.1) is 0 Å². The lowest BCUT2D eigenvalue weighted by Gasteiger charge is -2.38. The van der Waals surface area contributed by atoms with E-state index in [-0.39, 0.29) is 22.0 Å². The van der Waals surface area contributed by atoms with Crippen LogP contribution in [0.15, 0.2) is 53.5 Å². The number of hydrogen-bond acceptors (Lipinski definition) is 5. The first kappa shape index (κ1) is 24.5. The number of benzene rings is 2. The van der Waals surface area contributed by atoms with Gasteiger partial charge in [0.1, 0.15) is 11.6 Å². The van der Waals surface area contributed by atoms with Crippen LogP contribution in [0.3, 0.4) is 0 Å². The number of alkyl halides is 3. The number of rotatable bonds is 7. The number of nitrogens with one attached hydrogen (secondary N) is 1. The normalized spacial score (nSPS) is 14.3. The molecule has 3 rings (SSSR count). The van der Waals surface area contributed by atoms with Crippen LogP contribution in [0.4, 0.5) is 17.6 Å². The van der Waals surface area contributed by atoms with Crippen LogP contribution in [0, 0.1) is 5.82 Å². The molecule has 10 heteroatoms. The Kier molecular flexibility index (Phi) is 6.45. The summed E-state index contributed by atoms with van der Waals surface area (Å²) in [7, 11) is 0. The average molecular weight is 468 g/mol. The minimum absolute atomic E-state index is 0.0400. The predicted octanol–water partition coefficient (Wildman–Crippen LogP) is 3.54. The number of aromatic hydroxyl groups is 1. The van der Waals surface area contributed by atoms with E-state index >= 15 is 0 Å². The summed E-state index contributed by atoms with van der Waals surface area (Å²) >= 11 is 0. The molecule has 0 amide bonds. The van der Waals surface area contributed by atoms with E-state index in [2.05, 4.69) is 5.43 Å². The first-order valence-electron chi connectivity index (χ1n) is 10.1. The summed E-state index contributed by atoms with van der Waals surface area (Å²) in [5.74, 6) is -1.13. The molecule has 2 aromatic carbocycles. The van der Waals surface area contributed by atoms with Crippen molar-refractivity contribution in [2.75, 3.05) is 12.0 Å². The maximum atomic E-state index is 14.0. The number of nitrogens with zero attached hydrogens (tertiary/aromatic N) is 1. The van der Waals surface area contributed by atoms with Crippen LogP contribution >= 0.6 is 0 Å². The quantitative estimate of drug-likeness (QED) is 0.398. The highest BCUT2D eigenvalue weighted by Crippen LogP contribution is 2.43. The standard InChI is InChI=1S/C23H24F4N2O4/c1-21(2,17-9-15(24)7-8-19(17)31)12-22(33,23(25,26)27)13-28-29-10-14(11-30)20(32)16-5-3-4-6-18(16)29/h3-10,28,30-31,33H,11-13H2,1-2H3. The molecular formula is C23H24F4N2O4. The molecule has 0 saturated heterocycles. The molecule has 0 saturated carbocycles. The van der Waals surface area contributed by atoms with Crippen LogP contribution in [-0.4, -0.2) is 38.3 Å². The van der Waals surface area contributed by atoms with E-state index in [1.807, 2.05) is 0 Å². The first-order chi connectivity index (χ1) is 15.3. The Balaban J connectivity index is 1.99. The summed E-state index contributed by atoms with van der Waals surface area (Å²) in [6.07, 6.45) is -4.82. The monoisotopic (exact) mass is 468 g/mol. The fourth-order valence-corrected chi connectivity index (χ4v) is 3.93. The largest absolute Gasteiger partial charge is 0.508 e. The molecule has 178 valence electrons. The number of halogens is 4. The number of aliphatic hydroxyl groups is 2. The highest BCUT2D eigenvalue weighted by molar-refractivity contribution is 5.79. The maximum Gasteiger partial charge on any atom is 0.419 e. The molecule has 0 aliphatic heterocycles. The van der Waals surface area contributed by atoms with Gasteiger partial charge in [0.15, 0.2) is 11.0 Å². The van der Waals surface area contributed by atoms with Gasteiger partial charge in [0.05, 0.1) is 18.7 Å². The van der Waals surface area contributed by atoms with Crippen LogP contribution < -0.4 is 10.9 Å². The van der Waals surface area contributed by atoms with Gasteiger partial charge in [0, 0.05) is 22.7 Å². The number of phenols is 1. The van der Waals surface area contributed by atoms with Crippen LogP contribution in [0.1, 0.15) is 31.4 Å². The fourth-order valence-electron chi connectivity index (χ4n) is 3.93. The van der Waals surface area contributed by atoms with Gasteiger partial charge in [-0.25, -0.2) is 4.39 Å². The molecule has 3 aromatic rings. The molecule has 1 atom stereocenters. The van der Waals surface area contributed by atoms with Crippen LogP contribution in [0.25, 0.3) is 10.9 Å². The van der Waals surface area contributed by atoms with Gasteiger partial charge in [0.25, 0.3) is 0 Å². The molecule has 1 aromatic heterocycles. The van der Waals surface area contributed by atoms with Gasteiger partial charge >= 0.3 is 6.18 Å². The van der Waals surface area contributed by atoms with Gasteiger partial charge in [-0.05, 0) is 42.2 Å². The molecule has 1 unspecified atom stereocenters. The minimum atomic E-state index is -5.09. The van der Waals surface area contributed by atoms with Gasteiger partial charge in [-0.2, -0.15) is 13.2 Å². The average Bonchev–Trinajstić information content (AvgIpc) is 2.74. The van der Waals surface area contributed by atoms with Crippen molar-refractivity contribution < 1.29 is 32.9 Å². The second-order valence-corrected chi connectivity index (χ2v) is 8.62. The topological polar surface area (TPSA) is 94.7 Å². The molecule has 1 heterocycles. The Morgan fingerprint density at radius 2 is 1.76 bits per heavy atom. The van der Waals surface area contributed by atoms with Gasteiger partial charge in [0.2, 0.25) is 0 Å². The third kappa shape index (κ3) is 4.81. The second kappa shape index (κ2) is 8.68. The van der Waals surface area contributed by atoms with Crippen LogP contribution in [0.5, 0.6) is 5.75 Å². The third-order valence-corrected chi connectivity index (χ3v) is 5.65. The molecule has 0 fully saturated rings. The summed E-state index contributed by atoms with van der Waals surface area (Å²) < 4.78 is 56.9. The minimum Gasteiger partial charge on any atom is -0.508 e. The van der Waals surface area contributed by atoms with Crippen molar-refractivity contribution in [1.29, 1.82) is 0 Å². The van der Waals surface area contributed by atoms with E-state index < -0.39 is 53.8 Å². The summed E-state index contributed by atoms with van der Waals surface area (Å²) in [6, 6.07) is 9.10. The Morgan fingerprint density at radius 3 is 2.39 bits per heavy atom. The summed E-state index contributed by atoms with van der Waals surface area (Å²) in [4.78, 5) is 12.4. The number of aliphatic hydroxyl groups excluding tert-OH is 1. The van der Waals surface area contributed by atoms with Gasteiger partial charge < -0.3 is 20.7 Å². The number of aromatic nitrogens is 1. The van der Waals surface area contributed by atoms with Crippen molar-refractivity contribution in [1.82, 2.24) is 4.68 Å². The Labute approximate surface area is 186 Å². The lowest BCUT2D eigenvalue weighted by molar-refractivity contribution is -0.261. The molecular weight excluding hydrogens is 444 g/mol. The van der Waals surface area contributed by atoms with E-state index in [0.29, 0.717) is 0 Å². The number of phenolic OH excluding ortho intramolecular Hbond substituents is 1. The van der Waals surface area contributed by atoms with E-state index in [0.717, 1.165) is 22.9 Å². The summed E-state index contributed by atoms with van der Waals surface area (Å²) in [5.41, 5.74) is -2.59. The van der Waals surface area contributed by atoms with Gasteiger partial charge in [-0.1, -0.05) is 26.0 Å². The number of fused-ring (bicyclic) bond motifs is 1. The smallest absolute Gasteiger partial charge is 0.419 e. The highest BCUT2D eigenvalue weighted by Gasteiger charge is 2.56. The van der Waals surface area contributed by atoms with Crippen LogP contribution in [0.2, 0.25) is 0 Å². The van der Waals surface area contributed by atoms with E-state index in [1.165, 1.54) is 32.2 Å². The molecule has 4 N–H and O–H groups in total. The Hall–Kier alpha value is -3.11. The lowest BCUT2D eigenvalue weighted by Crippen LogP contribution is -2.54. The zero-order valence-corrected chi connectivity index (χ0v) is 17.9. The van der Waals surface area contributed by atoms with E-state index in [1.54, 1.807) is 12.1 Å². The van der Waals surface area contributed by atoms with Crippen LogP contribution in [-0.2, 0) is 12.0 Å². The van der Waals surface area contributed by atoms with Crippen molar-refractivity contribution in [3.63, 3.8) is 0 Å². The predicted molar refractivity (Wildman–Crippen MR) is 115 cm³/mol. The SMILES string of the molecule is CC(C)(CC(O)(CNn1cc(CO)c(=O)c2ccccc21)C(F)(F)F)c1cc(F)ccc1O. The first-order valence-corrected chi connectivity index (χ1v) is 10.1. The highest BCUT2D eigenvalue weighted by atomic mass is 19.4. The fraction of sp³-hybridized carbons (Fsp3) is 0.348. The van der Waals surface area contributed by atoms with Crippen molar-refractivity contribution in [3.05, 3.63) is 75.8 Å².